The number of nitrogens with one attached hydrogen (secondary N) is 2. The third kappa shape index (κ3) is 2.17. The van der Waals surface area contributed by atoms with E-state index in [1.165, 1.54) is 5.56 Å². The summed E-state index contributed by atoms with van der Waals surface area (Å²) in [5, 5.41) is 7.20. The first-order valence-corrected chi connectivity index (χ1v) is 6.19. The van der Waals surface area contributed by atoms with Gasteiger partial charge in [-0.25, -0.2) is 9.97 Å². The van der Waals surface area contributed by atoms with Gasteiger partial charge in [0.15, 0.2) is 0 Å². The van der Waals surface area contributed by atoms with E-state index in [2.05, 4.69) is 20.6 Å². The van der Waals surface area contributed by atoms with Gasteiger partial charge in [-0.3, -0.25) is 0 Å². The first-order chi connectivity index (χ1) is 8.72. The van der Waals surface area contributed by atoms with Crippen LogP contribution in [-0.4, -0.2) is 9.97 Å². The molecule has 0 atom stereocenters. The Kier molecular flexibility index (Phi) is 2.89. The number of hydrogen-bond donors (Lipinski definition) is 2. The zero-order chi connectivity index (χ0) is 12.5. The Bertz CT molecular complexity index is 598. The molecule has 0 fully saturated rings. The molecule has 1 aromatic carbocycles. The summed E-state index contributed by atoms with van der Waals surface area (Å²) in [6.07, 6.45) is 1.87. The van der Waals surface area contributed by atoms with E-state index in [1.807, 2.05) is 31.3 Å². The second kappa shape index (κ2) is 4.55. The van der Waals surface area contributed by atoms with E-state index >= 15 is 0 Å². The number of rotatable bonds is 2. The number of hydrogen-bond acceptors (Lipinski definition) is 4. The van der Waals surface area contributed by atoms with Gasteiger partial charge in [-0.15, -0.1) is 0 Å². The lowest BCUT2D eigenvalue weighted by Gasteiger charge is -2.09. The molecule has 1 aliphatic heterocycles. The largest absolute Gasteiger partial charge is 0.324 e. The van der Waals surface area contributed by atoms with Crippen LogP contribution in [-0.2, 0) is 13.1 Å². The van der Waals surface area contributed by atoms with E-state index in [-0.39, 0.29) is 0 Å². The molecule has 1 aliphatic rings. The molecule has 0 spiro atoms. The van der Waals surface area contributed by atoms with Crippen molar-refractivity contribution in [3.8, 4) is 0 Å². The molecule has 0 unspecified atom stereocenters. The smallest absolute Gasteiger partial charge is 0.227 e. The maximum absolute atomic E-state index is 5.93. The number of nitrogens with zero attached hydrogens (tertiary/aromatic N) is 2. The lowest BCUT2D eigenvalue weighted by Crippen LogP contribution is -2.02. The Morgan fingerprint density at radius 1 is 1.33 bits per heavy atom. The standard InChI is InChI=1S/C13H13ClN4/c1-8-4-10(14)2-3-11(8)17-13-16-6-9-5-15-7-12(9)18-13/h2-4,6,15H,5,7H2,1H3,(H,16,17,18). The number of aromatic nitrogens is 2. The van der Waals surface area contributed by atoms with E-state index in [0.29, 0.717) is 5.95 Å². The Balaban J connectivity index is 1.88. The summed E-state index contributed by atoms with van der Waals surface area (Å²) in [6.45, 7) is 3.67. The second-order valence-corrected chi connectivity index (χ2v) is 4.79. The number of halogens is 1. The summed E-state index contributed by atoms with van der Waals surface area (Å²) in [5.41, 5.74) is 4.29. The van der Waals surface area contributed by atoms with Crippen molar-refractivity contribution in [2.45, 2.75) is 20.0 Å². The SMILES string of the molecule is Cc1cc(Cl)ccc1Nc1ncc2c(n1)CNC2. The molecule has 92 valence electrons. The number of fused-ring (bicyclic) bond motifs is 1. The molecule has 4 nitrogen and oxygen atoms in total. The van der Waals surface area contributed by atoms with Crippen LogP contribution < -0.4 is 10.6 Å². The number of benzene rings is 1. The van der Waals surface area contributed by atoms with Crippen LogP contribution in [0.2, 0.25) is 5.02 Å². The molecule has 18 heavy (non-hydrogen) atoms. The van der Waals surface area contributed by atoms with Crippen molar-refractivity contribution in [1.29, 1.82) is 0 Å². The third-order valence-corrected chi connectivity index (χ3v) is 3.23. The Labute approximate surface area is 110 Å². The lowest BCUT2D eigenvalue weighted by molar-refractivity contribution is 0.758. The minimum Gasteiger partial charge on any atom is -0.324 e. The summed E-state index contributed by atoms with van der Waals surface area (Å²) in [7, 11) is 0. The van der Waals surface area contributed by atoms with Crippen molar-refractivity contribution in [2.24, 2.45) is 0 Å². The normalized spacial score (nSPS) is 13.4. The summed E-state index contributed by atoms with van der Waals surface area (Å²) >= 11 is 5.93. The van der Waals surface area contributed by atoms with Crippen LogP contribution in [0.1, 0.15) is 16.8 Å². The topological polar surface area (TPSA) is 49.8 Å². The quantitative estimate of drug-likeness (QED) is 0.872. The van der Waals surface area contributed by atoms with Crippen LogP contribution in [0.4, 0.5) is 11.6 Å². The van der Waals surface area contributed by atoms with Crippen molar-refractivity contribution < 1.29 is 0 Å². The minimum atomic E-state index is 0.628. The molecule has 2 aromatic rings. The van der Waals surface area contributed by atoms with Crippen LogP contribution in [0, 0.1) is 6.92 Å². The van der Waals surface area contributed by atoms with Gasteiger partial charge in [0.25, 0.3) is 0 Å². The molecule has 0 saturated heterocycles. The van der Waals surface area contributed by atoms with Gasteiger partial charge in [0.2, 0.25) is 5.95 Å². The molecule has 0 amide bonds. The highest BCUT2D eigenvalue weighted by molar-refractivity contribution is 6.30. The molecule has 0 saturated carbocycles. The molecular weight excluding hydrogens is 248 g/mol. The maximum atomic E-state index is 5.93. The maximum Gasteiger partial charge on any atom is 0.227 e. The van der Waals surface area contributed by atoms with Crippen molar-refractivity contribution in [3.05, 3.63) is 46.2 Å². The molecular formula is C13H13ClN4. The van der Waals surface area contributed by atoms with E-state index in [1.54, 1.807) is 0 Å². The fourth-order valence-corrected chi connectivity index (χ4v) is 2.23. The predicted molar refractivity (Wildman–Crippen MR) is 72.0 cm³/mol. The van der Waals surface area contributed by atoms with E-state index in [4.69, 9.17) is 11.6 Å². The predicted octanol–water partition coefficient (Wildman–Crippen LogP) is 2.79. The Hall–Kier alpha value is -1.65. The first-order valence-electron chi connectivity index (χ1n) is 5.81. The molecule has 0 bridgehead atoms. The van der Waals surface area contributed by atoms with Crippen LogP contribution in [0.25, 0.3) is 0 Å². The van der Waals surface area contributed by atoms with Gasteiger partial charge in [0, 0.05) is 35.6 Å². The van der Waals surface area contributed by atoms with Crippen LogP contribution >= 0.6 is 11.6 Å². The highest BCUT2D eigenvalue weighted by Crippen LogP contribution is 2.22. The minimum absolute atomic E-state index is 0.628. The zero-order valence-electron chi connectivity index (χ0n) is 10.00. The van der Waals surface area contributed by atoms with Crippen LogP contribution in [0.5, 0.6) is 0 Å². The molecule has 1 aromatic heterocycles. The zero-order valence-corrected chi connectivity index (χ0v) is 10.8. The van der Waals surface area contributed by atoms with Crippen molar-refractivity contribution in [2.75, 3.05) is 5.32 Å². The summed E-state index contributed by atoms with van der Waals surface area (Å²) < 4.78 is 0. The fraction of sp³-hybridized carbons (Fsp3) is 0.231. The lowest BCUT2D eigenvalue weighted by atomic mass is 10.2. The average Bonchev–Trinajstić information content (AvgIpc) is 2.80. The van der Waals surface area contributed by atoms with Crippen LogP contribution in [0.15, 0.2) is 24.4 Å². The molecule has 5 heteroatoms. The van der Waals surface area contributed by atoms with Gasteiger partial charge in [0.1, 0.15) is 0 Å². The molecule has 0 aliphatic carbocycles. The van der Waals surface area contributed by atoms with Gasteiger partial charge in [0.05, 0.1) is 5.69 Å². The third-order valence-electron chi connectivity index (χ3n) is 3.00. The van der Waals surface area contributed by atoms with Gasteiger partial charge >= 0.3 is 0 Å². The Morgan fingerprint density at radius 3 is 3.06 bits per heavy atom. The summed E-state index contributed by atoms with van der Waals surface area (Å²) in [6, 6.07) is 5.71. The van der Waals surface area contributed by atoms with Gasteiger partial charge in [-0.2, -0.15) is 0 Å². The van der Waals surface area contributed by atoms with Gasteiger partial charge < -0.3 is 10.6 Å². The first kappa shape index (κ1) is 11.4. The monoisotopic (exact) mass is 260 g/mol. The second-order valence-electron chi connectivity index (χ2n) is 4.35. The number of aryl methyl sites for hydroxylation is 1. The summed E-state index contributed by atoms with van der Waals surface area (Å²) in [5.74, 6) is 0.628. The summed E-state index contributed by atoms with van der Waals surface area (Å²) in [4.78, 5) is 8.81. The molecule has 3 rings (SSSR count). The van der Waals surface area contributed by atoms with Crippen molar-refractivity contribution >= 4 is 23.2 Å². The highest BCUT2D eigenvalue weighted by atomic mass is 35.5. The van der Waals surface area contributed by atoms with E-state index in [9.17, 15) is 0 Å². The van der Waals surface area contributed by atoms with Crippen molar-refractivity contribution in [3.63, 3.8) is 0 Å². The molecule has 2 heterocycles. The van der Waals surface area contributed by atoms with Crippen LogP contribution in [0.3, 0.4) is 0 Å². The van der Waals surface area contributed by atoms with Gasteiger partial charge in [-0.1, -0.05) is 11.6 Å². The molecule has 0 radical (unpaired) electrons. The van der Waals surface area contributed by atoms with Gasteiger partial charge in [-0.05, 0) is 30.7 Å². The average molecular weight is 261 g/mol. The van der Waals surface area contributed by atoms with E-state index < -0.39 is 0 Å². The molecule has 2 N–H and O–H groups in total. The Morgan fingerprint density at radius 2 is 2.22 bits per heavy atom. The fourth-order valence-electron chi connectivity index (χ4n) is 2.01. The van der Waals surface area contributed by atoms with E-state index in [0.717, 1.165) is 35.1 Å². The highest BCUT2D eigenvalue weighted by Gasteiger charge is 2.13. The van der Waals surface area contributed by atoms with Crippen molar-refractivity contribution in [1.82, 2.24) is 15.3 Å². The number of anilines is 2.